The van der Waals surface area contributed by atoms with E-state index in [-0.39, 0.29) is 25.0 Å². The summed E-state index contributed by atoms with van der Waals surface area (Å²) in [5.41, 5.74) is 3.00. The second kappa shape index (κ2) is 15.8. The number of anilines is 1. The summed E-state index contributed by atoms with van der Waals surface area (Å²) in [6.45, 7) is 4.46. The van der Waals surface area contributed by atoms with Crippen molar-refractivity contribution in [1.82, 2.24) is 5.32 Å². The van der Waals surface area contributed by atoms with Gasteiger partial charge in [-0.3, -0.25) is 9.59 Å². The first-order chi connectivity index (χ1) is 16.1. The van der Waals surface area contributed by atoms with Crippen LogP contribution >= 0.6 is 0 Å². The zero-order valence-electron chi connectivity index (χ0n) is 19.4. The molecule has 0 fully saturated rings. The van der Waals surface area contributed by atoms with E-state index in [0.717, 1.165) is 24.2 Å². The molecule has 2 aromatic rings. The topological polar surface area (TPSA) is 95.1 Å². The molecule has 0 aromatic heterocycles. The van der Waals surface area contributed by atoms with Gasteiger partial charge in [0.25, 0.3) is 0 Å². The summed E-state index contributed by atoms with van der Waals surface area (Å²) in [5, 5.41) is 5.29. The lowest BCUT2D eigenvalue weighted by molar-refractivity contribution is -0.125. The Kier molecular flexibility index (Phi) is 12.6. The average Bonchev–Trinajstić information content (AvgIpc) is 2.82. The Morgan fingerprint density at radius 1 is 0.758 bits per heavy atom. The molecule has 33 heavy (non-hydrogen) atoms. The second-order valence-corrected chi connectivity index (χ2v) is 7.44. The molecule has 180 valence electrons. The molecule has 0 heterocycles. The maximum atomic E-state index is 12.0. The van der Waals surface area contributed by atoms with Crippen LogP contribution in [0.3, 0.4) is 0 Å². The summed E-state index contributed by atoms with van der Waals surface area (Å²) >= 11 is 0. The third-order valence-electron chi connectivity index (χ3n) is 4.60. The maximum Gasteiger partial charge on any atom is 0.250 e. The van der Waals surface area contributed by atoms with Crippen molar-refractivity contribution in [1.29, 1.82) is 0 Å². The quantitative estimate of drug-likeness (QED) is 0.376. The largest absolute Gasteiger partial charge is 0.494 e. The van der Waals surface area contributed by atoms with Crippen LogP contribution in [0.2, 0.25) is 0 Å². The minimum atomic E-state index is -0.223. The number of rotatable bonds is 16. The van der Waals surface area contributed by atoms with Crippen LogP contribution in [0.25, 0.3) is 0 Å². The van der Waals surface area contributed by atoms with Gasteiger partial charge in [-0.1, -0.05) is 29.8 Å². The summed E-state index contributed by atoms with van der Waals surface area (Å²) in [7, 11) is 1.58. The normalized spacial score (nSPS) is 10.6. The second-order valence-electron chi connectivity index (χ2n) is 7.44. The molecule has 8 nitrogen and oxygen atoms in total. The molecule has 0 bridgehead atoms. The van der Waals surface area contributed by atoms with Gasteiger partial charge in [0, 0.05) is 19.3 Å². The van der Waals surface area contributed by atoms with Crippen molar-refractivity contribution in [2.75, 3.05) is 52.0 Å². The third-order valence-corrected chi connectivity index (χ3v) is 4.60. The highest BCUT2D eigenvalue weighted by atomic mass is 16.5. The molecule has 0 spiro atoms. The smallest absolute Gasteiger partial charge is 0.250 e. The molecule has 8 heteroatoms. The first-order valence-electron chi connectivity index (χ1n) is 11.1. The highest BCUT2D eigenvalue weighted by Gasteiger charge is 2.04. The molecule has 0 aliphatic carbocycles. The standard InChI is InChI=1S/C25H34N2O6/c1-20-5-7-21(8-6-20)17-31-15-16-32-19-25(29)27-22-9-11-23(12-10-22)33-14-4-3-13-30-18-24(28)26-2/h5-12H,3-4,13-19H2,1-2H3,(H,26,28)(H,27,29). The first kappa shape index (κ1) is 26.3. The lowest BCUT2D eigenvalue weighted by Crippen LogP contribution is -2.23. The number of likely N-dealkylation sites (N-methyl/N-ethyl adjacent to an activating group) is 1. The van der Waals surface area contributed by atoms with Gasteiger partial charge in [0.15, 0.2) is 0 Å². The van der Waals surface area contributed by atoms with Crippen LogP contribution in [0, 0.1) is 6.92 Å². The van der Waals surface area contributed by atoms with Gasteiger partial charge in [-0.05, 0) is 49.6 Å². The minimum Gasteiger partial charge on any atom is -0.494 e. The third kappa shape index (κ3) is 12.0. The van der Waals surface area contributed by atoms with Gasteiger partial charge in [-0.25, -0.2) is 0 Å². The highest BCUT2D eigenvalue weighted by Crippen LogP contribution is 2.16. The van der Waals surface area contributed by atoms with Crippen LogP contribution < -0.4 is 15.4 Å². The molecule has 0 saturated heterocycles. The van der Waals surface area contributed by atoms with Gasteiger partial charge in [0.1, 0.15) is 19.0 Å². The van der Waals surface area contributed by atoms with E-state index in [1.165, 1.54) is 5.56 Å². The number of aryl methyl sites for hydroxylation is 1. The molecule has 2 N–H and O–H groups in total. The Labute approximate surface area is 195 Å². The lowest BCUT2D eigenvalue weighted by Gasteiger charge is -2.09. The molecule has 0 unspecified atom stereocenters. The van der Waals surface area contributed by atoms with E-state index in [0.29, 0.717) is 38.7 Å². The number of unbranched alkanes of at least 4 members (excludes halogenated alkanes) is 1. The number of nitrogens with one attached hydrogen (secondary N) is 2. The van der Waals surface area contributed by atoms with Crippen molar-refractivity contribution < 1.29 is 28.5 Å². The fraction of sp³-hybridized carbons (Fsp3) is 0.440. The van der Waals surface area contributed by atoms with Crippen LogP contribution in [-0.2, 0) is 30.4 Å². The van der Waals surface area contributed by atoms with Crippen molar-refractivity contribution >= 4 is 17.5 Å². The first-order valence-corrected chi connectivity index (χ1v) is 11.1. The minimum absolute atomic E-state index is 0.0336. The fourth-order valence-electron chi connectivity index (χ4n) is 2.72. The fourth-order valence-corrected chi connectivity index (χ4v) is 2.72. The molecule has 2 amide bonds. The number of ether oxygens (including phenoxy) is 4. The van der Waals surface area contributed by atoms with Gasteiger partial charge in [-0.15, -0.1) is 0 Å². The van der Waals surface area contributed by atoms with Crippen LogP contribution in [0.5, 0.6) is 5.75 Å². The van der Waals surface area contributed by atoms with Gasteiger partial charge < -0.3 is 29.6 Å². The molecular weight excluding hydrogens is 424 g/mol. The van der Waals surface area contributed by atoms with Crippen LogP contribution in [0.1, 0.15) is 24.0 Å². The van der Waals surface area contributed by atoms with Crippen LogP contribution in [-0.4, -0.2) is 58.5 Å². The highest BCUT2D eigenvalue weighted by molar-refractivity contribution is 5.91. The Balaban J connectivity index is 1.49. The number of hydrogen-bond acceptors (Lipinski definition) is 6. The predicted octanol–water partition coefficient (Wildman–Crippen LogP) is 3.09. The summed E-state index contributed by atoms with van der Waals surface area (Å²) in [5.74, 6) is 0.369. The van der Waals surface area contributed by atoms with Crippen LogP contribution in [0.4, 0.5) is 5.69 Å². The molecule has 0 aliphatic heterocycles. The van der Waals surface area contributed by atoms with Gasteiger partial charge in [-0.2, -0.15) is 0 Å². The van der Waals surface area contributed by atoms with Crippen molar-refractivity contribution in [3.63, 3.8) is 0 Å². The summed E-state index contributed by atoms with van der Waals surface area (Å²) in [6.07, 6.45) is 1.63. The van der Waals surface area contributed by atoms with E-state index < -0.39 is 0 Å². The predicted molar refractivity (Wildman–Crippen MR) is 126 cm³/mol. The zero-order valence-corrected chi connectivity index (χ0v) is 19.4. The molecule has 0 radical (unpaired) electrons. The number of benzene rings is 2. The number of hydrogen-bond donors (Lipinski definition) is 2. The molecule has 0 aliphatic rings. The van der Waals surface area contributed by atoms with E-state index >= 15 is 0 Å². The summed E-state index contributed by atoms with van der Waals surface area (Å²) in [6, 6.07) is 15.3. The van der Waals surface area contributed by atoms with E-state index in [2.05, 4.69) is 10.6 Å². The van der Waals surface area contributed by atoms with Crippen molar-refractivity contribution in [3.8, 4) is 5.75 Å². The summed E-state index contributed by atoms with van der Waals surface area (Å²) in [4.78, 5) is 23.0. The lowest BCUT2D eigenvalue weighted by atomic mass is 10.2. The zero-order chi connectivity index (χ0) is 23.7. The summed E-state index contributed by atoms with van der Waals surface area (Å²) < 4.78 is 21.8. The Morgan fingerprint density at radius 2 is 1.39 bits per heavy atom. The van der Waals surface area contributed by atoms with Gasteiger partial charge in [0.05, 0.1) is 26.4 Å². The Morgan fingerprint density at radius 3 is 2.12 bits per heavy atom. The number of amides is 2. The monoisotopic (exact) mass is 458 g/mol. The van der Waals surface area contributed by atoms with Crippen LogP contribution in [0.15, 0.2) is 48.5 Å². The number of carbonyl (C=O) groups excluding carboxylic acids is 2. The van der Waals surface area contributed by atoms with E-state index in [1.807, 2.05) is 31.2 Å². The van der Waals surface area contributed by atoms with Gasteiger partial charge in [0.2, 0.25) is 11.8 Å². The molecule has 0 saturated carbocycles. The SMILES string of the molecule is CNC(=O)COCCCCOc1ccc(NC(=O)COCCOCc2ccc(C)cc2)cc1. The van der Waals surface area contributed by atoms with Crippen molar-refractivity contribution in [2.45, 2.75) is 26.4 Å². The molecular formula is C25H34N2O6. The molecule has 2 aromatic carbocycles. The van der Waals surface area contributed by atoms with Gasteiger partial charge >= 0.3 is 0 Å². The molecule has 0 atom stereocenters. The van der Waals surface area contributed by atoms with Crippen molar-refractivity contribution in [3.05, 3.63) is 59.7 Å². The van der Waals surface area contributed by atoms with E-state index in [1.54, 1.807) is 31.3 Å². The Hall–Kier alpha value is -2.94. The Bertz CT molecular complexity index is 824. The van der Waals surface area contributed by atoms with Crippen molar-refractivity contribution in [2.24, 2.45) is 0 Å². The molecule has 2 rings (SSSR count). The maximum absolute atomic E-state index is 12.0. The average molecular weight is 459 g/mol. The number of carbonyl (C=O) groups is 2. The van der Waals surface area contributed by atoms with E-state index in [4.69, 9.17) is 18.9 Å². The van der Waals surface area contributed by atoms with E-state index in [9.17, 15) is 9.59 Å².